The van der Waals surface area contributed by atoms with Gasteiger partial charge in [-0.2, -0.15) is 16.8 Å². The number of hydrogen-bond acceptors (Lipinski definition) is 18. The van der Waals surface area contributed by atoms with E-state index in [1.807, 2.05) is 0 Å². The molecule has 0 saturated carbocycles. The Labute approximate surface area is 470 Å². The number of nitrogens with one attached hydrogen (secondary N) is 4. The molecule has 0 aromatic heterocycles. The van der Waals surface area contributed by atoms with E-state index in [1.54, 1.807) is 72.8 Å². The first-order valence-corrected chi connectivity index (χ1v) is 28.4. The third-order valence-corrected chi connectivity index (χ3v) is 12.9. The van der Waals surface area contributed by atoms with Crippen LogP contribution in [0.4, 0.5) is 17.1 Å². The van der Waals surface area contributed by atoms with Gasteiger partial charge in [-0.05, 0) is 58.6 Å². The molecule has 0 atom stereocenters. The summed E-state index contributed by atoms with van der Waals surface area (Å²) in [6, 6.07) is 28.4. The fourth-order valence-electron chi connectivity index (χ4n) is 9.53. The SMILES string of the molecule is CS(=O)(=O)O.CS(=O)(=O)O.O=C(NCCNCCN1C(=O)c2cccc3cc([N+](=O)[O-])cc(c23)C1=O)c1cc(C(=O)NCCNCCN2C(=O)c3cccc4cc([N+](=O)[O-])cc(c34)C2=O)cc(N2C(=O)c3cccc4cccc(c34)C2=O)c1. The Morgan fingerprint density at radius 1 is 0.458 bits per heavy atom. The van der Waals surface area contributed by atoms with E-state index >= 15 is 0 Å². The molecule has 0 spiro atoms. The summed E-state index contributed by atoms with van der Waals surface area (Å²) in [6.45, 7) is 0.344. The van der Waals surface area contributed by atoms with E-state index < -0.39 is 77.3 Å². The van der Waals surface area contributed by atoms with Crippen LogP contribution in [0.25, 0.3) is 32.3 Å². The van der Waals surface area contributed by atoms with Gasteiger partial charge in [0.2, 0.25) is 0 Å². The predicted molar refractivity (Wildman–Crippen MR) is 299 cm³/mol. The van der Waals surface area contributed by atoms with Gasteiger partial charge in [-0.3, -0.25) is 77.5 Å². The van der Waals surface area contributed by atoms with Gasteiger partial charge in [0.15, 0.2) is 0 Å². The van der Waals surface area contributed by atoms with Crippen LogP contribution in [-0.4, -0.2) is 158 Å². The van der Waals surface area contributed by atoms with Crippen molar-refractivity contribution in [1.82, 2.24) is 31.1 Å². The van der Waals surface area contributed by atoms with Gasteiger partial charge in [-0.1, -0.05) is 48.5 Å². The van der Waals surface area contributed by atoms with Crippen LogP contribution in [0.5, 0.6) is 0 Å². The van der Waals surface area contributed by atoms with Crippen molar-refractivity contribution >= 4 is 117 Å². The zero-order chi connectivity index (χ0) is 60.2. The summed E-state index contributed by atoms with van der Waals surface area (Å²) in [5.41, 5.74) is 0.295. The third kappa shape index (κ3) is 13.2. The fraction of sp³-hybridized carbons (Fsp3) is 0.185. The number of non-ortho nitro benzene ring substituents is 2. The van der Waals surface area contributed by atoms with Crippen molar-refractivity contribution in [1.29, 1.82) is 0 Å². The molecule has 428 valence electrons. The average Bonchev–Trinajstić information content (AvgIpc) is 1.49. The monoisotopic (exact) mass is 1170 g/mol. The number of nitrogens with zero attached hydrogens (tertiary/aromatic N) is 5. The van der Waals surface area contributed by atoms with E-state index in [-0.39, 0.29) is 114 Å². The van der Waals surface area contributed by atoms with Crippen LogP contribution >= 0.6 is 0 Å². The van der Waals surface area contributed by atoms with Crippen LogP contribution in [0, 0.1) is 20.2 Å². The number of carbonyl (C=O) groups excluding carboxylic acids is 8. The van der Waals surface area contributed by atoms with Gasteiger partial charge in [-0.25, -0.2) is 4.90 Å². The highest BCUT2D eigenvalue weighted by molar-refractivity contribution is 7.85. The molecule has 3 heterocycles. The molecule has 8 amide bonds. The van der Waals surface area contributed by atoms with Gasteiger partial charge in [0.1, 0.15) is 0 Å². The van der Waals surface area contributed by atoms with Gasteiger partial charge in [0.25, 0.3) is 78.9 Å². The largest absolute Gasteiger partial charge is 0.351 e. The van der Waals surface area contributed by atoms with Crippen LogP contribution in [0.3, 0.4) is 0 Å². The molecule has 7 aromatic rings. The Balaban J connectivity index is 0.000000830. The number of amides is 8. The maximum Gasteiger partial charge on any atom is 0.270 e. The van der Waals surface area contributed by atoms with E-state index in [9.17, 15) is 75.4 Å². The lowest BCUT2D eigenvalue weighted by atomic mass is 9.93. The highest BCUT2D eigenvalue weighted by Gasteiger charge is 2.37. The first-order chi connectivity index (χ1) is 39.2. The minimum absolute atomic E-state index is 0.0141. The van der Waals surface area contributed by atoms with Crippen LogP contribution in [0.15, 0.2) is 115 Å². The number of imide groups is 3. The second kappa shape index (κ2) is 24.1. The summed E-state index contributed by atoms with van der Waals surface area (Å²) < 4.78 is 51.7. The van der Waals surface area contributed by atoms with Gasteiger partial charge >= 0.3 is 0 Å². The standard InChI is InChI=1S/C52H39N9O12.2CH4O3S/c62-45(55-15-13-53-17-19-57-47(64)36-9-3-7-29-22-34(60(70)71)26-40(43(29)36)49(57)66)31-21-32(25-33(24-31)59-51(68)38-11-1-5-28-6-2-12-39(42(28)38)52(59)69)46(63)56-16-14-54-18-20-58-48(65)37-10-4-8-30-23-35(61(72)73)27-41(44(30)37)50(58)67;2*1-5(2,3)4/h1-12,21-27,53-54H,13-20H2,(H,55,62)(H,56,63);2*1H3,(H,2,3,4). The van der Waals surface area contributed by atoms with E-state index in [2.05, 4.69) is 21.3 Å². The number of nitro groups is 2. The van der Waals surface area contributed by atoms with Crippen LogP contribution in [0.1, 0.15) is 82.9 Å². The molecule has 3 aliphatic heterocycles. The van der Waals surface area contributed by atoms with Crippen molar-refractivity contribution in [2.24, 2.45) is 0 Å². The number of benzene rings is 7. The van der Waals surface area contributed by atoms with Crippen molar-refractivity contribution in [2.45, 2.75) is 0 Å². The summed E-state index contributed by atoms with van der Waals surface area (Å²) in [6.07, 6.45) is 1.43. The summed E-state index contributed by atoms with van der Waals surface area (Å²) in [5, 5.41) is 37.4. The number of carbonyl (C=O) groups is 8. The van der Waals surface area contributed by atoms with Crippen LogP contribution in [-0.2, 0) is 20.2 Å². The molecule has 6 N–H and O–H groups in total. The summed E-state index contributed by atoms with van der Waals surface area (Å²) in [7, 11) is -7.33. The molecular formula is C54H47N9O18S2. The minimum Gasteiger partial charge on any atom is -0.351 e. The normalized spacial score (nSPS) is 13.6. The Hall–Kier alpha value is -9.78. The Kier molecular flexibility index (Phi) is 17.3. The number of nitro benzene ring substituents is 2. The molecule has 0 radical (unpaired) electrons. The molecule has 3 aliphatic rings. The highest BCUT2D eigenvalue weighted by Crippen LogP contribution is 2.36. The summed E-state index contributed by atoms with van der Waals surface area (Å²) in [4.78, 5) is 134. The third-order valence-electron chi connectivity index (χ3n) is 12.9. The van der Waals surface area contributed by atoms with E-state index in [0.717, 1.165) is 26.8 Å². The maximum absolute atomic E-state index is 14.1. The van der Waals surface area contributed by atoms with Crippen molar-refractivity contribution in [2.75, 3.05) is 69.8 Å². The van der Waals surface area contributed by atoms with Gasteiger partial charge in [0, 0.05) is 126 Å². The van der Waals surface area contributed by atoms with Crippen molar-refractivity contribution in [3.63, 3.8) is 0 Å². The minimum atomic E-state index is -3.67. The first kappa shape index (κ1) is 59.3. The first-order valence-electron chi connectivity index (χ1n) is 24.7. The van der Waals surface area contributed by atoms with E-state index in [1.165, 1.54) is 30.3 Å². The summed E-state index contributed by atoms with van der Waals surface area (Å²) >= 11 is 0. The quantitative estimate of drug-likeness (QED) is 0.0247. The molecule has 10 rings (SSSR count). The molecule has 0 aliphatic carbocycles. The Morgan fingerprint density at radius 3 is 1.14 bits per heavy atom. The zero-order valence-electron chi connectivity index (χ0n) is 43.6. The van der Waals surface area contributed by atoms with Gasteiger partial charge < -0.3 is 21.3 Å². The molecule has 83 heavy (non-hydrogen) atoms. The number of rotatable bonds is 17. The smallest absolute Gasteiger partial charge is 0.270 e. The number of anilines is 1. The van der Waals surface area contributed by atoms with Gasteiger partial charge in [0.05, 0.1) is 39.2 Å². The topological polar surface area (TPSA) is 389 Å². The Bertz CT molecular complexity index is 3920. The summed E-state index contributed by atoms with van der Waals surface area (Å²) in [5.74, 6) is -5.13. The molecule has 0 saturated heterocycles. The van der Waals surface area contributed by atoms with Crippen molar-refractivity contribution in [3.8, 4) is 0 Å². The van der Waals surface area contributed by atoms with Gasteiger partial charge in [-0.15, -0.1) is 0 Å². The van der Waals surface area contributed by atoms with Crippen molar-refractivity contribution < 1.29 is 74.1 Å². The fourth-order valence-corrected chi connectivity index (χ4v) is 9.53. The number of hydrogen-bond donors (Lipinski definition) is 6. The molecule has 0 fully saturated rings. The van der Waals surface area contributed by atoms with Crippen molar-refractivity contribution in [3.05, 3.63) is 180 Å². The molecular weight excluding hydrogens is 1130 g/mol. The second-order valence-corrected chi connectivity index (χ2v) is 21.7. The lowest BCUT2D eigenvalue weighted by Crippen LogP contribution is -2.44. The van der Waals surface area contributed by atoms with E-state index in [0.29, 0.717) is 44.8 Å². The second-order valence-electron chi connectivity index (χ2n) is 18.7. The lowest BCUT2D eigenvalue weighted by molar-refractivity contribution is -0.384. The molecule has 29 heteroatoms. The van der Waals surface area contributed by atoms with E-state index in [4.69, 9.17) is 9.11 Å². The molecule has 0 bridgehead atoms. The molecule has 0 unspecified atom stereocenters. The predicted octanol–water partition coefficient (Wildman–Crippen LogP) is 4.00. The molecule has 27 nitrogen and oxygen atoms in total. The van der Waals surface area contributed by atoms with Crippen LogP contribution < -0.4 is 26.2 Å². The Morgan fingerprint density at radius 2 is 0.783 bits per heavy atom. The zero-order valence-corrected chi connectivity index (χ0v) is 45.2. The average molecular weight is 1170 g/mol. The maximum atomic E-state index is 14.1. The van der Waals surface area contributed by atoms with Crippen LogP contribution in [0.2, 0.25) is 0 Å². The highest BCUT2D eigenvalue weighted by atomic mass is 32.2. The molecule has 7 aromatic carbocycles. The lowest BCUT2D eigenvalue weighted by Gasteiger charge is -2.28.